The fraction of sp³-hybridized carbons (Fsp3) is 0.0833. The molecule has 0 amide bonds. The van der Waals surface area contributed by atoms with Crippen LogP contribution >= 0.6 is 15.9 Å². The number of benzene rings is 1. The first-order valence-corrected chi connectivity index (χ1v) is 5.62. The Morgan fingerprint density at radius 2 is 1.82 bits per heavy atom. The Morgan fingerprint density at radius 1 is 1.12 bits per heavy atom. The maximum absolute atomic E-state index is 12.9. The summed E-state index contributed by atoms with van der Waals surface area (Å²) in [5, 5.41) is 0. The standard InChI is InChI=1S/C12H8BrF2NO/c13-12-2-1-11(6-16-12)17-7-8-3-9(14)5-10(15)4-8/h1-6H,7H2. The molecule has 0 saturated carbocycles. The summed E-state index contributed by atoms with van der Waals surface area (Å²) < 4.78 is 31.8. The molecule has 0 fully saturated rings. The van der Waals surface area contributed by atoms with Crippen molar-refractivity contribution in [1.82, 2.24) is 4.98 Å². The summed E-state index contributed by atoms with van der Waals surface area (Å²) in [6.45, 7) is 0.0952. The van der Waals surface area contributed by atoms with Gasteiger partial charge >= 0.3 is 0 Å². The monoisotopic (exact) mass is 299 g/mol. The Morgan fingerprint density at radius 3 is 2.41 bits per heavy atom. The van der Waals surface area contributed by atoms with Crippen molar-refractivity contribution < 1.29 is 13.5 Å². The van der Waals surface area contributed by atoms with Gasteiger partial charge in [-0.25, -0.2) is 13.8 Å². The van der Waals surface area contributed by atoms with Gasteiger partial charge in [-0.1, -0.05) is 0 Å². The third-order valence-corrected chi connectivity index (χ3v) is 2.50. The van der Waals surface area contributed by atoms with E-state index in [0.717, 1.165) is 6.07 Å². The van der Waals surface area contributed by atoms with Crippen LogP contribution in [0.5, 0.6) is 5.75 Å². The molecule has 1 aromatic heterocycles. The normalized spacial score (nSPS) is 10.3. The molecule has 0 aliphatic rings. The number of ether oxygens (including phenoxy) is 1. The first-order chi connectivity index (χ1) is 8.13. The van der Waals surface area contributed by atoms with Crippen LogP contribution in [0.15, 0.2) is 41.1 Å². The van der Waals surface area contributed by atoms with Crippen LogP contribution in [0.3, 0.4) is 0 Å². The third kappa shape index (κ3) is 3.49. The van der Waals surface area contributed by atoms with Crippen molar-refractivity contribution in [1.29, 1.82) is 0 Å². The Kier molecular flexibility index (Phi) is 3.68. The van der Waals surface area contributed by atoms with Crippen LogP contribution in [0.1, 0.15) is 5.56 Å². The molecular formula is C12H8BrF2NO. The summed E-state index contributed by atoms with van der Waals surface area (Å²) in [5.74, 6) is -0.687. The minimum Gasteiger partial charge on any atom is -0.487 e. The van der Waals surface area contributed by atoms with E-state index in [9.17, 15) is 8.78 Å². The van der Waals surface area contributed by atoms with Gasteiger partial charge in [0.25, 0.3) is 0 Å². The average molecular weight is 300 g/mol. The lowest BCUT2D eigenvalue weighted by Crippen LogP contribution is -1.97. The lowest BCUT2D eigenvalue weighted by Gasteiger charge is -2.06. The van der Waals surface area contributed by atoms with Crippen molar-refractivity contribution in [3.05, 3.63) is 58.3 Å². The highest BCUT2D eigenvalue weighted by atomic mass is 79.9. The number of hydrogen-bond donors (Lipinski definition) is 0. The van der Waals surface area contributed by atoms with Gasteiger partial charge < -0.3 is 4.74 Å². The number of nitrogens with zero attached hydrogens (tertiary/aromatic N) is 1. The molecule has 0 saturated heterocycles. The van der Waals surface area contributed by atoms with Gasteiger partial charge in [-0.05, 0) is 45.8 Å². The second-order valence-corrected chi connectivity index (χ2v) is 4.20. The SMILES string of the molecule is Fc1cc(F)cc(COc2ccc(Br)nc2)c1. The van der Waals surface area contributed by atoms with Crippen LogP contribution in [0.2, 0.25) is 0 Å². The summed E-state index contributed by atoms with van der Waals surface area (Å²) in [5.41, 5.74) is 0.436. The Hall–Kier alpha value is -1.49. The van der Waals surface area contributed by atoms with Gasteiger partial charge in [0.1, 0.15) is 28.6 Å². The van der Waals surface area contributed by atoms with E-state index < -0.39 is 11.6 Å². The molecule has 1 heterocycles. The van der Waals surface area contributed by atoms with E-state index in [4.69, 9.17) is 4.74 Å². The largest absolute Gasteiger partial charge is 0.487 e. The zero-order chi connectivity index (χ0) is 12.3. The molecule has 2 rings (SSSR count). The fourth-order valence-corrected chi connectivity index (χ4v) is 1.54. The van der Waals surface area contributed by atoms with Crippen molar-refractivity contribution in [3.8, 4) is 5.75 Å². The molecule has 0 spiro atoms. The van der Waals surface area contributed by atoms with Crippen LogP contribution in [0.25, 0.3) is 0 Å². The van der Waals surface area contributed by atoms with Crippen molar-refractivity contribution in [3.63, 3.8) is 0 Å². The van der Waals surface area contributed by atoms with E-state index in [-0.39, 0.29) is 6.61 Å². The lowest BCUT2D eigenvalue weighted by atomic mass is 10.2. The van der Waals surface area contributed by atoms with Crippen LogP contribution in [0.4, 0.5) is 8.78 Å². The molecular weight excluding hydrogens is 292 g/mol. The minimum absolute atomic E-state index is 0.0952. The van der Waals surface area contributed by atoms with Crippen LogP contribution in [-0.4, -0.2) is 4.98 Å². The zero-order valence-electron chi connectivity index (χ0n) is 8.66. The van der Waals surface area contributed by atoms with Crippen LogP contribution in [-0.2, 0) is 6.61 Å². The highest BCUT2D eigenvalue weighted by molar-refractivity contribution is 9.10. The van der Waals surface area contributed by atoms with E-state index in [1.165, 1.54) is 18.3 Å². The van der Waals surface area contributed by atoms with Gasteiger partial charge in [0, 0.05) is 6.07 Å². The van der Waals surface area contributed by atoms with Crippen molar-refractivity contribution in [2.45, 2.75) is 6.61 Å². The van der Waals surface area contributed by atoms with E-state index in [1.807, 2.05) is 0 Å². The predicted octanol–water partition coefficient (Wildman–Crippen LogP) is 3.70. The molecule has 0 aliphatic heterocycles. The minimum atomic E-state index is -0.613. The Bertz CT molecular complexity index is 496. The van der Waals surface area contributed by atoms with Gasteiger partial charge in [-0.15, -0.1) is 0 Å². The molecule has 0 atom stereocenters. The van der Waals surface area contributed by atoms with Gasteiger partial charge in [0.2, 0.25) is 0 Å². The van der Waals surface area contributed by atoms with Gasteiger partial charge in [0.15, 0.2) is 0 Å². The maximum atomic E-state index is 12.9. The molecule has 2 nitrogen and oxygen atoms in total. The molecule has 0 aliphatic carbocycles. The average Bonchev–Trinajstić information content (AvgIpc) is 2.27. The third-order valence-electron chi connectivity index (χ3n) is 2.03. The zero-order valence-corrected chi connectivity index (χ0v) is 10.2. The van der Waals surface area contributed by atoms with Crippen molar-refractivity contribution in [2.24, 2.45) is 0 Å². The van der Waals surface area contributed by atoms with Crippen molar-refractivity contribution in [2.75, 3.05) is 0 Å². The maximum Gasteiger partial charge on any atom is 0.138 e. The summed E-state index contributed by atoms with van der Waals surface area (Å²) in [6, 6.07) is 6.73. The molecule has 88 valence electrons. The molecule has 0 N–H and O–H groups in total. The fourth-order valence-electron chi connectivity index (χ4n) is 1.31. The lowest BCUT2D eigenvalue weighted by molar-refractivity contribution is 0.303. The molecule has 5 heteroatoms. The summed E-state index contributed by atoms with van der Waals surface area (Å²) in [6.07, 6.45) is 1.53. The smallest absolute Gasteiger partial charge is 0.138 e. The number of aromatic nitrogens is 1. The van der Waals surface area contributed by atoms with Crippen molar-refractivity contribution >= 4 is 15.9 Å². The first kappa shape index (κ1) is 12.0. The molecule has 2 aromatic rings. The second-order valence-electron chi connectivity index (χ2n) is 3.38. The van der Waals surface area contributed by atoms with E-state index in [1.54, 1.807) is 12.1 Å². The van der Waals surface area contributed by atoms with Gasteiger partial charge in [-0.3, -0.25) is 0 Å². The predicted molar refractivity (Wildman–Crippen MR) is 62.6 cm³/mol. The molecule has 0 radical (unpaired) electrons. The quantitative estimate of drug-likeness (QED) is 0.806. The summed E-state index contributed by atoms with van der Waals surface area (Å²) in [7, 11) is 0. The summed E-state index contributed by atoms with van der Waals surface area (Å²) in [4.78, 5) is 3.97. The Balaban J connectivity index is 2.04. The Labute approximate surface area is 105 Å². The highest BCUT2D eigenvalue weighted by Gasteiger charge is 2.02. The van der Waals surface area contributed by atoms with E-state index >= 15 is 0 Å². The van der Waals surface area contributed by atoms with E-state index in [0.29, 0.717) is 15.9 Å². The molecule has 1 aromatic carbocycles. The number of hydrogen-bond acceptors (Lipinski definition) is 2. The van der Waals surface area contributed by atoms with Crippen LogP contribution < -0.4 is 4.74 Å². The first-order valence-electron chi connectivity index (χ1n) is 4.83. The number of pyridine rings is 1. The summed E-state index contributed by atoms with van der Waals surface area (Å²) >= 11 is 3.19. The van der Waals surface area contributed by atoms with Crippen LogP contribution in [0, 0.1) is 11.6 Å². The highest BCUT2D eigenvalue weighted by Crippen LogP contribution is 2.15. The van der Waals surface area contributed by atoms with Gasteiger partial charge in [0.05, 0.1) is 6.20 Å². The molecule has 0 unspecified atom stereocenters. The van der Waals surface area contributed by atoms with Gasteiger partial charge in [-0.2, -0.15) is 0 Å². The second kappa shape index (κ2) is 5.23. The topological polar surface area (TPSA) is 22.1 Å². The van der Waals surface area contributed by atoms with E-state index in [2.05, 4.69) is 20.9 Å². The molecule has 17 heavy (non-hydrogen) atoms. The number of rotatable bonds is 3. The number of halogens is 3. The molecule has 0 bridgehead atoms.